The van der Waals surface area contributed by atoms with Gasteiger partial charge in [0.2, 0.25) is 5.91 Å². The molecule has 0 aromatic heterocycles. The Kier molecular flexibility index (Phi) is 6.50. The number of nitrogens with zero attached hydrogens (tertiary/aromatic N) is 3. The zero-order chi connectivity index (χ0) is 19.4. The van der Waals surface area contributed by atoms with Crippen LogP contribution in [0.2, 0.25) is 0 Å². The Labute approximate surface area is 161 Å². The zero-order valence-corrected chi connectivity index (χ0v) is 16.4. The van der Waals surface area contributed by atoms with Crippen LogP contribution in [0.3, 0.4) is 0 Å². The summed E-state index contributed by atoms with van der Waals surface area (Å²) in [5.74, 6) is -0.401. The third-order valence-corrected chi connectivity index (χ3v) is 6.10. The molecule has 0 bridgehead atoms. The molecule has 0 radical (unpaired) electrons. The van der Waals surface area contributed by atoms with Gasteiger partial charge in [-0.1, -0.05) is 12.1 Å². The molecule has 0 spiro atoms. The minimum absolute atomic E-state index is 0.211. The minimum Gasteiger partial charge on any atom is -0.478 e. The molecule has 1 N–H and O–H groups in total. The SMILES string of the molecule is CN1CCC(N(C)CC(=O)N2CCC[C@H](c3ccc(C(=O)O)cc3)C2)CC1. The van der Waals surface area contributed by atoms with Gasteiger partial charge in [-0.2, -0.15) is 0 Å². The van der Waals surface area contributed by atoms with E-state index in [1.54, 1.807) is 12.1 Å². The number of likely N-dealkylation sites (N-methyl/N-ethyl adjacent to an activating group) is 1. The van der Waals surface area contributed by atoms with E-state index >= 15 is 0 Å². The van der Waals surface area contributed by atoms with Gasteiger partial charge < -0.3 is 14.9 Å². The first-order valence-corrected chi connectivity index (χ1v) is 9.94. The number of aromatic carboxylic acids is 1. The minimum atomic E-state index is -0.904. The van der Waals surface area contributed by atoms with Crippen molar-refractivity contribution >= 4 is 11.9 Å². The molecule has 1 atom stereocenters. The van der Waals surface area contributed by atoms with Gasteiger partial charge in [-0.05, 0) is 70.6 Å². The molecule has 0 aliphatic carbocycles. The van der Waals surface area contributed by atoms with Crippen LogP contribution >= 0.6 is 0 Å². The highest BCUT2D eigenvalue weighted by atomic mass is 16.4. The van der Waals surface area contributed by atoms with Crippen LogP contribution in [0.15, 0.2) is 24.3 Å². The van der Waals surface area contributed by atoms with Crippen molar-refractivity contribution in [2.75, 3.05) is 46.8 Å². The normalized spacial score (nSPS) is 22.2. The summed E-state index contributed by atoms with van der Waals surface area (Å²) < 4.78 is 0. The Morgan fingerprint density at radius 2 is 1.78 bits per heavy atom. The molecular formula is C21H31N3O3. The van der Waals surface area contributed by atoms with Gasteiger partial charge in [0.05, 0.1) is 12.1 Å². The van der Waals surface area contributed by atoms with Crippen molar-refractivity contribution < 1.29 is 14.7 Å². The van der Waals surface area contributed by atoms with E-state index in [1.807, 2.05) is 17.0 Å². The third-order valence-electron chi connectivity index (χ3n) is 6.10. The number of piperidine rings is 2. The number of carboxylic acids is 1. The lowest BCUT2D eigenvalue weighted by Crippen LogP contribution is -2.48. The van der Waals surface area contributed by atoms with Crippen molar-refractivity contribution in [1.82, 2.24) is 14.7 Å². The molecular weight excluding hydrogens is 342 g/mol. The molecule has 6 heteroatoms. The number of carbonyl (C=O) groups is 2. The number of rotatable bonds is 5. The zero-order valence-electron chi connectivity index (χ0n) is 16.4. The van der Waals surface area contributed by atoms with Crippen molar-refractivity contribution in [3.05, 3.63) is 35.4 Å². The molecule has 2 aliphatic rings. The number of carboxylic acid groups (broad SMARTS) is 1. The summed E-state index contributed by atoms with van der Waals surface area (Å²) in [5, 5.41) is 9.05. The lowest BCUT2D eigenvalue weighted by Gasteiger charge is -2.37. The number of hydrogen-bond donors (Lipinski definition) is 1. The summed E-state index contributed by atoms with van der Waals surface area (Å²) in [4.78, 5) is 30.4. The Morgan fingerprint density at radius 3 is 2.41 bits per heavy atom. The van der Waals surface area contributed by atoms with E-state index in [4.69, 9.17) is 5.11 Å². The number of carbonyl (C=O) groups excluding carboxylic acids is 1. The molecule has 2 heterocycles. The highest BCUT2D eigenvalue weighted by Gasteiger charge is 2.27. The van der Waals surface area contributed by atoms with E-state index in [2.05, 4.69) is 23.9 Å². The number of hydrogen-bond acceptors (Lipinski definition) is 4. The third kappa shape index (κ3) is 5.08. The van der Waals surface area contributed by atoms with Gasteiger partial charge in [0, 0.05) is 25.0 Å². The molecule has 2 aliphatic heterocycles. The molecule has 148 valence electrons. The maximum atomic E-state index is 12.8. The van der Waals surface area contributed by atoms with Gasteiger partial charge in [0.1, 0.15) is 0 Å². The summed E-state index contributed by atoms with van der Waals surface area (Å²) in [7, 11) is 4.22. The molecule has 27 heavy (non-hydrogen) atoms. The van der Waals surface area contributed by atoms with Crippen LogP contribution in [0, 0.1) is 0 Å². The number of likely N-dealkylation sites (tertiary alicyclic amines) is 2. The van der Waals surface area contributed by atoms with E-state index < -0.39 is 5.97 Å². The summed E-state index contributed by atoms with van der Waals surface area (Å²) in [6.45, 7) is 4.23. The summed E-state index contributed by atoms with van der Waals surface area (Å²) >= 11 is 0. The van der Waals surface area contributed by atoms with Crippen molar-refractivity contribution in [2.24, 2.45) is 0 Å². The molecule has 1 aromatic rings. The van der Waals surface area contributed by atoms with Crippen LogP contribution < -0.4 is 0 Å². The van der Waals surface area contributed by atoms with E-state index in [9.17, 15) is 9.59 Å². The van der Waals surface area contributed by atoms with E-state index in [0.717, 1.165) is 57.4 Å². The van der Waals surface area contributed by atoms with E-state index in [1.165, 1.54) is 0 Å². The fourth-order valence-electron chi connectivity index (χ4n) is 4.25. The average Bonchev–Trinajstić information content (AvgIpc) is 2.68. The second kappa shape index (κ2) is 8.85. The fraction of sp³-hybridized carbons (Fsp3) is 0.619. The topological polar surface area (TPSA) is 64.1 Å². The van der Waals surface area contributed by atoms with Gasteiger partial charge in [-0.25, -0.2) is 4.79 Å². The Hall–Kier alpha value is -1.92. The standard InChI is InChI=1S/C21H31N3O3/c1-22-12-9-19(10-13-22)23(2)15-20(25)24-11-3-4-18(14-24)16-5-7-17(8-6-16)21(26)27/h5-8,18-19H,3-4,9-15H2,1-2H3,(H,26,27)/t18-/m0/s1. The first kappa shape index (κ1) is 19.8. The quantitative estimate of drug-likeness (QED) is 0.857. The van der Waals surface area contributed by atoms with Crippen molar-refractivity contribution in [3.8, 4) is 0 Å². The van der Waals surface area contributed by atoms with Crippen LogP contribution in [0.1, 0.15) is 47.5 Å². The number of amides is 1. The fourth-order valence-corrected chi connectivity index (χ4v) is 4.25. The molecule has 0 unspecified atom stereocenters. The lowest BCUT2D eigenvalue weighted by molar-refractivity contribution is -0.134. The van der Waals surface area contributed by atoms with Crippen molar-refractivity contribution in [3.63, 3.8) is 0 Å². The van der Waals surface area contributed by atoms with Crippen LogP contribution in [0.4, 0.5) is 0 Å². The van der Waals surface area contributed by atoms with Gasteiger partial charge >= 0.3 is 5.97 Å². The Balaban J connectivity index is 1.55. The van der Waals surface area contributed by atoms with Crippen LogP contribution in [-0.4, -0.2) is 84.5 Å². The summed E-state index contributed by atoms with van der Waals surface area (Å²) in [5.41, 5.74) is 1.43. The summed E-state index contributed by atoms with van der Waals surface area (Å²) in [6, 6.07) is 7.60. The van der Waals surface area contributed by atoms with Crippen molar-refractivity contribution in [1.29, 1.82) is 0 Å². The largest absolute Gasteiger partial charge is 0.478 e. The second-order valence-corrected chi connectivity index (χ2v) is 8.06. The Morgan fingerprint density at radius 1 is 1.11 bits per heavy atom. The maximum absolute atomic E-state index is 12.8. The molecule has 6 nitrogen and oxygen atoms in total. The highest BCUT2D eigenvalue weighted by molar-refractivity contribution is 5.87. The van der Waals surface area contributed by atoms with Gasteiger partial charge in [0.25, 0.3) is 0 Å². The Bertz CT molecular complexity index is 653. The smallest absolute Gasteiger partial charge is 0.335 e. The van der Waals surface area contributed by atoms with Crippen LogP contribution in [0.25, 0.3) is 0 Å². The van der Waals surface area contributed by atoms with Gasteiger partial charge in [0.15, 0.2) is 0 Å². The summed E-state index contributed by atoms with van der Waals surface area (Å²) in [6.07, 6.45) is 4.29. The molecule has 1 aromatic carbocycles. The first-order valence-electron chi connectivity index (χ1n) is 9.94. The lowest BCUT2D eigenvalue weighted by atomic mass is 9.90. The average molecular weight is 373 g/mol. The van der Waals surface area contributed by atoms with E-state index in [0.29, 0.717) is 24.1 Å². The number of benzene rings is 1. The predicted octanol–water partition coefficient (Wildman–Crippen LogP) is 2.12. The maximum Gasteiger partial charge on any atom is 0.335 e. The van der Waals surface area contributed by atoms with E-state index in [-0.39, 0.29) is 5.91 Å². The van der Waals surface area contributed by atoms with Crippen LogP contribution in [-0.2, 0) is 4.79 Å². The molecule has 3 rings (SSSR count). The molecule has 1 amide bonds. The predicted molar refractivity (Wildman–Crippen MR) is 105 cm³/mol. The highest BCUT2D eigenvalue weighted by Crippen LogP contribution is 2.27. The monoisotopic (exact) mass is 373 g/mol. The second-order valence-electron chi connectivity index (χ2n) is 8.06. The van der Waals surface area contributed by atoms with Gasteiger partial charge in [-0.15, -0.1) is 0 Å². The molecule has 0 saturated carbocycles. The van der Waals surface area contributed by atoms with Crippen molar-refractivity contribution in [2.45, 2.75) is 37.6 Å². The van der Waals surface area contributed by atoms with Gasteiger partial charge in [-0.3, -0.25) is 9.69 Å². The van der Waals surface area contributed by atoms with Crippen LogP contribution in [0.5, 0.6) is 0 Å². The molecule has 2 saturated heterocycles. The first-order chi connectivity index (χ1) is 12.9. The molecule has 2 fully saturated rings.